The van der Waals surface area contributed by atoms with Crippen LogP contribution in [0.4, 0.5) is 11.4 Å². The molecule has 2 fully saturated rings. The number of nitrogens with zero attached hydrogens (tertiary/aromatic N) is 1. The predicted molar refractivity (Wildman–Crippen MR) is 131 cm³/mol. The van der Waals surface area contributed by atoms with Gasteiger partial charge >= 0.3 is 0 Å². The lowest BCUT2D eigenvalue weighted by Crippen LogP contribution is -2.39. The second kappa shape index (κ2) is 8.49. The molecule has 10 heteroatoms. The zero-order chi connectivity index (χ0) is 25.1. The van der Waals surface area contributed by atoms with Crippen LogP contribution in [0.1, 0.15) is 17.5 Å². The molecule has 2 bridgehead atoms. The first-order valence-corrected chi connectivity index (χ1v) is 13.1. The van der Waals surface area contributed by atoms with Crippen LogP contribution in [0.3, 0.4) is 0 Å². The van der Waals surface area contributed by atoms with Crippen molar-refractivity contribution in [1.29, 1.82) is 0 Å². The van der Waals surface area contributed by atoms with E-state index < -0.39 is 22.5 Å². The third-order valence-corrected chi connectivity index (χ3v) is 8.84. The molecule has 35 heavy (non-hydrogen) atoms. The highest BCUT2D eigenvalue weighted by atomic mass is 35.5. The number of nitrogens with one attached hydrogen (secondary N) is 2. The van der Waals surface area contributed by atoms with Crippen molar-refractivity contribution in [2.24, 2.45) is 23.7 Å². The van der Waals surface area contributed by atoms with Crippen molar-refractivity contribution in [2.75, 3.05) is 16.6 Å². The fourth-order valence-electron chi connectivity index (χ4n) is 5.38. The molecule has 5 rings (SSSR count). The smallest absolute Gasteiger partial charge is 0.263 e. The van der Waals surface area contributed by atoms with E-state index in [1.165, 1.54) is 18.2 Å². The average Bonchev–Trinajstić information content (AvgIpc) is 3.47. The van der Waals surface area contributed by atoms with E-state index in [9.17, 15) is 22.8 Å². The van der Waals surface area contributed by atoms with E-state index >= 15 is 0 Å². The van der Waals surface area contributed by atoms with Crippen molar-refractivity contribution in [3.8, 4) is 0 Å². The van der Waals surface area contributed by atoms with Crippen molar-refractivity contribution in [3.63, 3.8) is 0 Å². The van der Waals surface area contributed by atoms with Gasteiger partial charge in [0.15, 0.2) is 0 Å². The largest absolute Gasteiger partial charge is 0.324 e. The van der Waals surface area contributed by atoms with Crippen molar-refractivity contribution in [1.82, 2.24) is 4.90 Å². The Kier molecular flexibility index (Phi) is 5.72. The topological polar surface area (TPSA) is 113 Å². The molecule has 1 saturated carbocycles. The molecule has 0 unspecified atom stereocenters. The molecule has 3 aliphatic rings. The Balaban J connectivity index is 1.30. The first-order valence-electron chi connectivity index (χ1n) is 11.3. The number of allylic oxidation sites excluding steroid dienone is 2. The van der Waals surface area contributed by atoms with Gasteiger partial charge in [-0.3, -0.25) is 24.0 Å². The molecule has 1 aliphatic heterocycles. The van der Waals surface area contributed by atoms with Crippen LogP contribution in [0, 0.1) is 37.5 Å². The van der Waals surface area contributed by atoms with E-state index in [4.69, 9.17) is 11.6 Å². The number of anilines is 2. The second-order valence-corrected chi connectivity index (χ2v) is 11.4. The van der Waals surface area contributed by atoms with Crippen molar-refractivity contribution < 1.29 is 22.8 Å². The van der Waals surface area contributed by atoms with Gasteiger partial charge in [0.05, 0.1) is 22.5 Å². The van der Waals surface area contributed by atoms with Gasteiger partial charge in [-0.05, 0) is 61.9 Å². The van der Waals surface area contributed by atoms with E-state index in [1.807, 2.05) is 25.1 Å². The molecular weight excluding hydrogens is 490 g/mol. The zero-order valence-electron chi connectivity index (χ0n) is 19.1. The van der Waals surface area contributed by atoms with Gasteiger partial charge in [-0.2, -0.15) is 0 Å². The number of imide groups is 1. The lowest BCUT2D eigenvalue weighted by atomic mass is 9.85. The molecule has 0 spiro atoms. The molecule has 0 aromatic heterocycles. The molecule has 4 atom stereocenters. The highest BCUT2D eigenvalue weighted by molar-refractivity contribution is 7.92. The molecule has 1 heterocycles. The Hall–Kier alpha value is -3.17. The number of sulfonamides is 1. The summed E-state index contributed by atoms with van der Waals surface area (Å²) in [6, 6.07) is 9.39. The number of carbonyl (C=O) groups excluding carboxylic acids is 3. The summed E-state index contributed by atoms with van der Waals surface area (Å²) in [7, 11) is -4.05. The average molecular weight is 514 g/mol. The number of hydrogen-bond donors (Lipinski definition) is 2. The Morgan fingerprint density at radius 3 is 2.31 bits per heavy atom. The summed E-state index contributed by atoms with van der Waals surface area (Å²) < 4.78 is 28.6. The predicted octanol–water partition coefficient (Wildman–Crippen LogP) is 3.50. The quantitative estimate of drug-likeness (QED) is 0.453. The monoisotopic (exact) mass is 513 g/mol. The Bertz CT molecular complexity index is 1370. The minimum absolute atomic E-state index is 0.0130. The van der Waals surface area contributed by atoms with Gasteiger partial charge in [0.2, 0.25) is 17.7 Å². The van der Waals surface area contributed by atoms with Crippen LogP contribution >= 0.6 is 11.6 Å². The van der Waals surface area contributed by atoms with Gasteiger partial charge in [-0.15, -0.1) is 0 Å². The molecule has 2 aromatic rings. The fourth-order valence-corrected chi connectivity index (χ4v) is 7.04. The number of aryl methyl sites for hydroxylation is 2. The van der Waals surface area contributed by atoms with Crippen LogP contribution in [0.5, 0.6) is 0 Å². The van der Waals surface area contributed by atoms with Gasteiger partial charge in [0.25, 0.3) is 10.0 Å². The summed E-state index contributed by atoms with van der Waals surface area (Å²) in [5, 5.41) is 2.57. The zero-order valence-corrected chi connectivity index (χ0v) is 20.7. The number of rotatable bonds is 6. The standard InChI is InChI=1S/C25H24ClN3O5S/c1-13-3-8-19(14(2)9-13)28-35(33,34)20-11-17(6-7-18(20)26)27-21(30)12-29-24(31)22-15-4-5-16(10-15)23(22)25(29)32/h3-9,11,15-16,22-23,28H,10,12H2,1-2H3,(H,27,30)/t15-,16+,22-,23+. The molecule has 2 N–H and O–H groups in total. The van der Waals surface area contributed by atoms with E-state index in [2.05, 4.69) is 10.0 Å². The van der Waals surface area contributed by atoms with Crippen LogP contribution in [-0.4, -0.2) is 37.6 Å². The molecule has 8 nitrogen and oxygen atoms in total. The van der Waals surface area contributed by atoms with Crippen LogP contribution in [0.25, 0.3) is 0 Å². The molecular formula is C25H24ClN3O5S. The van der Waals surface area contributed by atoms with Crippen LogP contribution in [0.15, 0.2) is 53.4 Å². The minimum Gasteiger partial charge on any atom is -0.324 e. The van der Waals surface area contributed by atoms with Crippen LogP contribution in [-0.2, 0) is 24.4 Å². The van der Waals surface area contributed by atoms with Gasteiger partial charge in [0, 0.05) is 5.69 Å². The number of likely N-dealkylation sites (tertiary alicyclic amines) is 1. The maximum Gasteiger partial charge on any atom is 0.263 e. The van der Waals surface area contributed by atoms with Crippen LogP contribution in [0.2, 0.25) is 5.02 Å². The summed E-state index contributed by atoms with van der Waals surface area (Å²) in [6.07, 6.45) is 4.79. The number of halogens is 1. The third-order valence-electron chi connectivity index (χ3n) is 6.99. The van der Waals surface area contributed by atoms with Crippen molar-refractivity contribution in [2.45, 2.75) is 25.2 Å². The Labute approximate surface area is 208 Å². The molecule has 2 aliphatic carbocycles. The van der Waals surface area contributed by atoms with Crippen LogP contribution < -0.4 is 10.0 Å². The SMILES string of the molecule is Cc1ccc(NS(=O)(=O)c2cc(NC(=O)CN3C(=O)[C@@H]4[C@H](C3=O)[C@@H]3C=C[C@H]4C3)ccc2Cl)c(C)c1. The molecule has 1 saturated heterocycles. The highest BCUT2D eigenvalue weighted by Crippen LogP contribution is 2.52. The van der Waals surface area contributed by atoms with Crippen molar-refractivity contribution >= 4 is 50.7 Å². The number of benzene rings is 2. The normalized spacial score (nSPS) is 24.7. The number of amides is 3. The van der Waals surface area contributed by atoms with E-state index in [0.717, 1.165) is 22.4 Å². The first kappa shape index (κ1) is 23.6. The van der Waals surface area contributed by atoms with Gasteiger partial charge in [0.1, 0.15) is 11.4 Å². The first-order chi connectivity index (χ1) is 16.5. The summed E-state index contributed by atoms with van der Waals surface area (Å²) in [5.74, 6) is -1.87. The summed E-state index contributed by atoms with van der Waals surface area (Å²) in [6.45, 7) is 3.28. The Morgan fingerprint density at radius 2 is 1.69 bits per heavy atom. The summed E-state index contributed by atoms with van der Waals surface area (Å²) in [4.78, 5) is 39.1. The third kappa shape index (κ3) is 4.12. The van der Waals surface area contributed by atoms with E-state index in [0.29, 0.717) is 5.69 Å². The molecule has 0 radical (unpaired) electrons. The summed E-state index contributed by atoms with van der Waals surface area (Å²) in [5.41, 5.74) is 2.35. The highest BCUT2D eigenvalue weighted by Gasteiger charge is 2.59. The number of carbonyl (C=O) groups is 3. The lowest BCUT2D eigenvalue weighted by Gasteiger charge is -2.17. The fraction of sp³-hybridized carbons (Fsp3) is 0.320. The summed E-state index contributed by atoms with van der Waals surface area (Å²) >= 11 is 6.18. The Morgan fingerprint density at radius 1 is 1.03 bits per heavy atom. The lowest BCUT2D eigenvalue weighted by molar-refractivity contribution is -0.143. The maximum atomic E-state index is 13.0. The van der Waals surface area contributed by atoms with Gasteiger partial charge in [-0.1, -0.05) is 41.4 Å². The van der Waals surface area contributed by atoms with Gasteiger partial charge < -0.3 is 5.32 Å². The van der Waals surface area contributed by atoms with E-state index in [1.54, 1.807) is 19.1 Å². The number of hydrogen-bond acceptors (Lipinski definition) is 5. The van der Waals surface area contributed by atoms with Crippen molar-refractivity contribution in [3.05, 3.63) is 64.7 Å². The number of fused-ring (bicyclic) bond motifs is 5. The molecule has 182 valence electrons. The maximum absolute atomic E-state index is 13.0. The van der Waals surface area contributed by atoms with Gasteiger partial charge in [-0.25, -0.2) is 8.42 Å². The molecule has 3 amide bonds. The van der Waals surface area contributed by atoms with E-state index in [-0.39, 0.29) is 51.1 Å². The second-order valence-electron chi connectivity index (χ2n) is 9.38. The minimum atomic E-state index is -4.05. The molecule has 2 aromatic carbocycles.